The third-order valence-corrected chi connectivity index (χ3v) is 6.43. The van der Waals surface area contributed by atoms with Crippen molar-refractivity contribution in [2.24, 2.45) is 0 Å². The lowest BCUT2D eigenvalue weighted by Gasteiger charge is -2.32. The van der Waals surface area contributed by atoms with Gasteiger partial charge in [0.2, 0.25) is 5.69 Å². The van der Waals surface area contributed by atoms with Crippen LogP contribution < -0.4 is 38.7 Å². The third-order valence-electron chi connectivity index (χ3n) is 6.43. The Balaban J connectivity index is 0. The number of amides is 2. The maximum absolute atomic E-state index is 13.2. The Bertz CT molecular complexity index is 881. The number of halogens is 2. The second-order valence-electron chi connectivity index (χ2n) is 11.4. The van der Waals surface area contributed by atoms with E-state index in [0.717, 1.165) is 36.8 Å². The predicted molar refractivity (Wildman–Crippen MR) is 145 cm³/mol. The van der Waals surface area contributed by atoms with E-state index in [0.29, 0.717) is 6.54 Å². The maximum atomic E-state index is 13.2. The van der Waals surface area contributed by atoms with Gasteiger partial charge in [-0.15, -0.1) is 0 Å². The van der Waals surface area contributed by atoms with Gasteiger partial charge in [-0.05, 0) is 44.7 Å². The van der Waals surface area contributed by atoms with E-state index in [1.54, 1.807) is 32.4 Å². The minimum absolute atomic E-state index is 0. The fraction of sp³-hybridized carbons (Fsp3) is 0.714. The molecule has 0 aliphatic heterocycles. The van der Waals surface area contributed by atoms with Gasteiger partial charge in [-0.3, -0.25) is 9.28 Å². The summed E-state index contributed by atoms with van der Waals surface area (Å²) in [6.07, 6.45) is 10.2. The molecule has 0 N–H and O–H groups in total. The zero-order valence-corrected chi connectivity index (χ0v) is 28.3. The zero-order valence-electron chi connectivity index (χ0n) is 25.2. The van der Waals surface area contributed by atoms with E-state index in [2.05, 4.69) is 19.1 Å². The average Bonchev–Trinajstić information content (AvgIpc) is 2.79. The summed E-state index contributed by atoms with van der Waals surface area (Å²) in [6, 6.07) is 3.26. The van der Waals surface area contributed by atoms with Crippen LogP contribution in [-0.2, 0) is 9.53 Å². The molecule has 1 heterocycles. The van der Waals surface area contributed by atoms with Gasteiger partial charge in [0, 0.05) is 27.2 Å². The molecule has 0 saturated carbocycles. The predicted octanol–water partition coefficient (Wildman–Crippen LogP) is -1.48. The van der Waals surface area contributed by atoms with Crippen molar-refractivity contribution in [1.82, 2.24) is 9.88 Å². The van der Waals surface area contributed by atoms with Crippen LogP contribution >= 0.6 is 0 Å². The normalized spacial score (nSPS) is 12.0. The topological polar surface area (TPSA) is 85.8 Å². The first-order valence-electron chi connectivity index (χ1n) is 13.5. The number of rotatable bonds is 16. The first-order chi connectivity index (χ1) is 17.2. The Hall–Kier alpha value is -1.56. The molecule has 0 fully saturated rings. The van der Waals surface area contributed by atoms with Gasteiger partial charge >= 0.3 is 18.0 Å². The van der Waals surface area contributed by atoms with E-state index < -0.39 is 6.09 Å². The van der Waals surface area contributed by atoms with Crippen molar-refractivity contribution in [3.63, 3.8) is 0 Å². The van der Waals surface area contributed by atoms with Crippen LogP contribution in [0.2, 0.25) is 0 Å². The molecule has 1 unspecified atom stereocenters. The summed E-state index contributed by atoms with van der Waals surface area (Å²) in [7, 11) is 11.3. The van der Waals surface area contributed by atoms with Gasteiger partial charge in [0.05, 0.1) is 41.3 Å². The van der Waals surface area contributed by atoms with E-state index in [4.69, 9.17) is 9.47 Å². The smallest absolute Gasteiger partial charge is 0.414 e. The summed E-state index contributed by atoms with van der Waals surface area (Å²) in [5, 5.41) is 0. The van der Waals surface area contributed by atoms with Crippen molar-refractivity contribution >= 4 is 18.0 Å². The van der Waals surface area contributed by atoms with Crippen LogP contribution in [0.1, 0.15) is 75.7 Å². The Morgan fingerprint density at radius 2 is 1.41 bits per heavy atom. The summed E-state index contributed by atoms with van der Waals surface area (Å²) in [5.41, 5.74) is 0.185. The molecule has 39 heavy (non-hydrogen) atoms. The monoisotopic (exact) mass is 680 g/mol. The number of pyridine rings is 1. The standard InChI is InChI=1S/C28H50N4O5.2BrH/c1-23(36-24(2)33)22-31(5,6)20-15-13-11-9-10-12-14-16-21-32(7,8)27(34)26-25(18-17-19-29-26)37-28(35)30(3)4;;/h17-19,23H,9-16,20-22H2,1-8H3;2*1H/q+2;;/p-2. The van der Waals surface area contributed by atoms with Gasteiger partial charge in [-0.25, -0.2) is 14.6 Å². The van der Waals surface area contributed by atoms with Crippen LogP contribution in [-0.4, -0.2) is 105 Å². The Labute approximate surface area is 256 Å². The summed E-state index contributed by atoms with van der Waals surface area (Å²) in [4.78, 5) is 41.7. The minimum Gasteiger partial charge on any atom is -1.00 e. The summed E-state index contributed by atoms with van der Waals surface area (Å²) < 4.78 is 11.6. The van der Waals surface area contributed by atoms with Gasteiger partial charge in [-0.2, -0.15) is 0 Å². The quantitative estimate of drug-likeness (QED) is 0.120. The molecule has 1 rings (SSSR count). The second kappa shape index (κ2) is 19.5. The maximum Gasteiger partial charge on any atom is 0.414 e. The number of carbonyl (C=O) groups is 3. The van der Waals surface area contributed by atoms with E-state index in [-0.39, 0.29) is 67.9 Å². The van der Waals surface area contributed by atoms with Crippen LogP contribution in [0, 0.1) is 0 Å². The molecule has 9 nitrogen and oxygen atoms in total. The van der Waals surface area contributed by atoms with Crippen LogP contribution in [0.5, 0.6) is 5.75 Å². The SMILES string of the molecule is CC(=O)OC(C)C[N+](C)(C)CCCCCCCCCC[N+](C)(C)C(=O)c1ncccc1OC(=O)N(C)C.[Br-].[Br-]. The molecule has 0 saturated heterocycles. The molecule has 0 aliphatic rings. The van der Waals surface area contributed by atoms with Gasteiger partial charge in [0.15, 0.2) is 5.75 Å². The van der Waals surface area contributed by atoms with Gasteiger partial charge in [0.25, 0.3) is 0 Å². The number of nitrogens with zero attached hydrogens (tertiary/aromatic N) is 4. The molecular weight excluding hydrogens is 632 g/mol. The third kappa shape index (κ3) is 16.3. The molecule has 0 aromatic carbocycles. The average molecular weight is 683 g/mol. The highest BCUT2D eigenvalue weighted by molar-refractivity contribution is 5.90. The van der Waals surface area contributed by atoms with E-state index in [9.17, 15) is 14.4 Å². The first-order valence-corrected chi connectivity index (χ1v) is 13.5. The number of unbranched alkanes of at least 4 members (excludes halogenated alkanes) is 7. The Kier molecular flexibility index (Phi) is 19.8. The highest BCUT2D eigenvalue weighted by Crippen LogP contribution is 2.21. The van der Waals surface area contributed by atoms with E-state index >= 15 is 0 Å². The van der Waals surface area contributed by atoms with E-state index in [1.165, 1.54) is 43.9 Å². The van der Waals surface area contributed by atoms with Crippen molar-refractivity contribution in [3.8, 4) is 5.75 Å². The van der Waals surface area contributed by atoms with Crippen molar-refractivity contribution in [2.45, 2.75) is 71.3 Å². The number of ether oxygens (including phenoxy) is 2. The largest absolute Gasteiger partial charge is 1.00 e. The van der Waals surface area contributed by atoms with Gasteiger partial charge in [0.1, 0.15) is 12.6 Å². The van der Waals surface area contributed by atoms with Crippen LogP contribution in [0.25, 0.3) is 0 Å². The Morgan fingerprint density at radius 3 is 1.92 bits per heavy atom. The number of aromatic nitrogens is 1. The number of likely N-dealkylation sites (N-methyl/N-ethyl adjacent to an activating group) is 1. The highest BCUT2D eigenvalue weighted by atomic mass is 79.9. The number of esters is 1. The first kappa shape index (κ1) is 39.6. The van der Waals surface area contributed by atoms with Crippen LogP contribution in [0.15, 0.2) is 18.3 Å². The molecule has 1 atom stereocenters. The zero-order chi connectivity index (χ0) is 28.1. The molecule has 0 radical (unpaired) electrons. The number of hydrogen-bond acceptors (Lipinski definition) is 6. The number of quaternary nitrogens is 2. The molecular formula is C28H50Br2N4O5. The molecule has 11 heteroatoms. The van der Waals surface area contributed by atoms with E-state index in [1.807, 2.05) is 21.0 Å². The summed E-state index contributed by atoms with van der Waals surface area (Å²) in [6.45, 7) is 6.03. The molecule has 0 aliphatic carbocycles. The molecule has 1 aromatic heterocycles. The minimum atomic E-state index is -0.538. The molecule has 0 bridgehead atoms. The van der Waals surface area contributed by atoms with Crippen molar-refractivity contribution in [1.29, 1.82) is 0 Å². The fourth-order valence-corrected chi connectivity index (χ4v) is 4.42. The van der Waals surface area contributed by atoms with Crippen molar-refractivity contribution in [2.75, 3.05) is 61.9 Å². The van der Waals surface area contributed by atoms with Crippen LogP contribution in [0.4, 0.5) is 4.79 Å². The van der Waals surface area contributed by atoms with Crippen molar-refractivity contribution < 1.29 is 66.8 Å². The van der Waals surface area contributed by atoms with Gasteiger partial charge in [-0.1, -0.05) is 25.7 Å². The second-order valence-corrected chi connectivity index (χ2v) is 11.4. The lowest BCUT2D eigenvalue weighted by molar-refractivity contribution is -0.893. The summed E-state index contributed by atoms with van der Waals surface area (Å²) >= 11 is 0. The van der Waals surface area contributed by atoms with Crippen LogP contribution in [0.3, 0.4) is 0 Å². The Morgan fingerprint density at radius 1 is 0.897 bits per heavy atom. The lowest BCUT2D eigenvalue weighted by atomic mass is 10.1. The number of carbonyl (C=O) groups excluding carboxylic acids is 3. The summed E-state index contributed by atoms with van der Waals surface area (Å²) in [5.74, 6) is -0.184. The highest BCUT2D eigenvalue weighted by Gasteiger charge is 2.32. The molecule has 2 amide bonds. The van der Waals surface area contributed by atoms with Gasteiger partial charge < -0.3 is 52.8 Å². The van der Waals surface area contributed by atoms with Crippen molar-refractivity contribution in [3.05, 3.63) is 24.0 Å². The molecule has 0 spiro atoms. The molecule has 226 valence electrons. The lowest BCUT2D eigenvalue weighted by Crippen LogP contribution is -3.00. The fourth-order valence-electron chi connectivity index (χ4n) is 4.42. The molecule has 1 aromatic rings. The number of hydrogen-bond donors (Lipinski definition) is 0.